The van der Waals surface area contributed by atoms with Gasteiger partial charge in [0.05, 0.1) is 19.0 Å². The van der Waals surface area contributed by atoms with Gasteiger partial charge in [-0.3, -0.25) is 0 Å². The molecule has 0 fully saturated rings. The summed E-state index contributed by atoms with van der Waals surface area (Å²) in [6.07, 6.45) is -6.80. The number of alkyl halides is 3. The molecule has 2 N–H and O–H groups in total. The number of carboxylic acids is 1. The number of aliphatic hydroxyl groups is 1. The molecular weight excluding hydrogens is 336 g/mol. The lowest BCUT2D eigenvalue weighted by atomic mass is 10.0. The summed E-state index contributed by atoms with van der Waals surface area (Å²) in [5.74, 6) is -2.80. The minimum atomic E-state index is -4.94. The molecule has 1 unspecified atom stereocenters. The first-order valence-corrected chi connectivity index (χ1v) is 6.34. The first-order valence-electron chi connectivity index (χ1n) is 6.34. The van der Waals surface area contributed by atoms with Crippen molar-refractivity contribution in [3.63, 3.8) is 0 Å². The number of halogens is 4. The number of carboxylic acid groups (broad SMARTS) is 1. The molecule has 0 aliphatic carbocycles. The second kappa shape index (κ2) is 6.40. The van der Waals surface area contributed by atoms with E-state index in [1.165, 1.54) is 0 Å². The highest BCUT2D eigenvalue weighted by molar-refractivity contribution is 5.88. The number of hydrogen-bond donors (Lipinski definition) is 2. The summed E-state index contributed by atoms with van der Waals surface area (Å²) in [4.78, 5) is 18.4. The van der Waals surface area contributed by atoms with Crippen LogP contribution < -0.4 is 4.74 Å². The number of aromatic carboxylic acids is 1. The van der Waals surface area contributed by atoms with Gasteiger partial charge in [-0.15, -0.1) is 0 Å². The van der Waals surface area contributed by atoms with Crippen molar-refractivity contribution in [3.05, 3.63) is 41.5 Å². The third-order valence-electron chi connectivity index (χ3n) is 3.03. The first kappa shape index (κ1) is 17.6. The second-order valence-corrected chi connectivity index (χ2v) is 4.60. The number of benzene rings is 1. The average molecular weight is 346 g/mol. The molecule has 1 aromatic heterocycles. The Morgan fingerprint density at radius 3 is 2.54 bits per heavy atom. The van der Waals surface area contributed by atoms with E-state index in [-0.39, 0.29) is 11.6 Å². The van der Waals surface area contributed by atoms with E-state index in [2.05, 4.69) is 9.97 Å². The van der Waals surface area contributed by atoms with Gasteiger partial charge in [0.1, 0.15) is 5.82 Å². The van der Waals surface area contributed by atoms with Crippen LogP contribution in [0.4, 0.5) is 17.6 Å². The van der Waals surface area contributed by atoms with E-state index in [9.17, 15) is 27.5 Å². The molecule has 10 heteroatoms. The zero-order chi connectivity index (χ0) is 18.1. The van der Waals surface area contributed by atoms with Gasteiger partial charge in [-0.05, 0) is 17.7 Å². The Labute approximate surface area is 132 Å². The van der Waals surface area contributed by atoms with E-state index >= 15 is 0 Å². The highest BCUT2D eigenvalue weighted by atomic mass is 19.4. The van der Waals surface area contributed by atoms with Crippen molar-refractivity contribution in [2.24, 2.45) is 0 Å². The maximum absolute atomic E-state index is 13.9. The molecule has 0 radical (unpaired) electrons. The molecule has 24 heavy (non-hydrogen) atoms. The number of hydrogen-bond acceptors (Lipinski definition) is 5. The summed E-state index contributed by atoms with van der Waals surface area (Å²) in [6.45, 7) is 0. The summed E-state index contributed by atoms with van der Waals surface area (Å²) < 4.78 is 56.3. The quantitative estimate of drug-likeness (QED) is 0.827. The molecule has 1 atom stereocenters. The van der Waals surface area contributed by atoms with Crippen LogP contribution in [0.3, 0.4) is 0 Å². The molecular formula is C14H10F4N2O4. The van der Waals surface area contributed by atoms with Crippen molar-refractivity contribution >= 4 is 5.97 Å². The van der Waals surface area contributed by atoms with Crippen LogP contribution in [-0.2, 0) is 0 Å². The minimum absolute atomic E-state index is 0.318. The zero-order valence-corrected chi connectivity index (χ0v) is 12.0. The maximum Gasteiger partial charge on any atom is 0.418 e. The number of ether oxygens (including phenoxy) is 1. The van der Waals surface area contributed by atoms with Crippen LogP contribution in [-0.4, -0.2) is 39.4 Å². The predicted octanol–water partition coefficient (Wildman–Crippen LogP) is 2.59. The molecule has 0 amide bonds. The molecule has 1 heterocycles. The molecule has 6 nitrogen and oxygen atoms in total. The third-order valence-corrected chi connectivity index (χ3v) is 3.03. The highest BCUT2D eigenvalue weighted by Crippen LogP contribution is 2.34. The lowest BCUT2D eigenvalue weighted by Crippen LogP contribution is -2.20. The fourth-order valence-corrected chi connectivity index (χ4v) is 1.89. The molecule has 0 saturated heterocycles. The first-order chi connectivity index (χ1) is 11.1. The van der Waals surface area contributed by atoms with Gasteiger partial charge in [-0.1, -0.05) is 6.07 Å². The van der Waals surface area contributed by atoms with Crippen molar-refractivity contribution < 1.29 is 37.3 Å². The topological polar surface area (TPSA) is 92.5 Å². The van der Waals surface area contributed by atoms with Crippen LogP contribution in [0.15, 0.2) is 24.4 Å². The minimum Gasteiger partial charge on any atom is -0.479 e. The third kappa shape index (κ3) is 3.43. The van der Waals surface area contributed by atoms with Crippen LogP contribution in [0, 0.1) is 5.82 Å². The van der Waals surface area contributed by atoms with E-state index in [0.29, 0.717) is 6.07 Å². The molecule has 0 aliphatic rings. The Balaban J connectivity index is 2.56. The molecule has 0 saturated carbocycles. The fourth-order valence-electron chi connectivity index (χ4n) is 1.89. The van der Waals surface area contributed by atoms with Crippen LogP contribution in [0.25, 0.3) is 11.3 Å². The van der Waals surface area contributed by atoms with Crippen LogP contribution >= 0.6 is 0 Å². The SMILES string of the molecule is COc1ncc(-c2cc(C(O)C(F)(F)F)ccc2F)nc1C(=O)O. The molecule has 0 aliphatic heterocycles. The smallest absolute Gasteiger partial charge is 0.418 e. The number of rotatable bonds is 4. The predicted molar refractivity (Wildman–Crippen MR) is 72.0 cm³/mol. The Morgan fingerprint density at radius 2 is 2.00 bits per heavy atom. The average Bonchev–Trinajstić information content (AvgIpc) is 2.53. The normalized spacial score (nSPS) is 12.8. The molecule has 2 rings (SSSR count). The van der Waals surface area contributed by atoms with Gasteiger partial charge in [0.15, 0.2) is 6.10 Å². The number of aromatic nitrogens is 2. The van der Waals surface area contributed by atoms with Crippen molar-refractivity contribution in [2.75, 3.05) is 7.11 Å². The Bertz CT molecular complexity index is 780. The summed E-state index contributed by atoms with van der Waals surface area (Å²) in [5, 5.41) is 18.3. The summed E-state index contributed by atoms with van der Waals surface area (Å²) in [7, 11) is 1.15. The second-order valence-electron chi connectivity index (χ2n) is 4.60. The van der Waals surface area contributed by atoms with Crippen LogP contribution in [0.2, 0.25) is 0 Å². The number of methoxy groups -OCH3 is 1. The van der Waals surface area contributed by atoms with E-state index < -0.39 is 40.9 Å². The van der Waals surface area contributed by atoms with E-state index in [1.54, 1.807) is 0 Å². The van der Waals surface area contributed by atoms with E-state index in [4.69, 9.17) is 9.84 Å². The number of aliphatic hydroxyl groups excluding tert-OH is 1. The van der Waals surface area contributed by atoms with E-state index in [0.717, 1.165) is 25.4 Å². The highest BCUT2D eigenvalue weighted by Gasteiger charge is 2.39. The van der Waals surface area contributed by atoms with Gasteiger partial charge in [0, 0.05) is 5.56 Å². The molecule has 0 spiro atoms. The molecule has 2 aromatic rings. The molecule has 1 aromatic carbocycles. The number of carbonyl (C=O) groups is 1. The zero-order valence-electron chi connectivity index (χ0n) is 12.0. The Hall–Kier alpha value is -2.75. The Kier molecular flexibility index (Phi) is 4.69. The number of nitrogens with zero attached hydrogens (tertiary/aromatic N) is 2. The van der Waals surface area contributed by atoms with Gasteiger partial charge < -0.3 is 14.9 Å². The summed E-state index contributed by atoms with van der Waals surface area (Å²) in [5.41, 5.74) is -2.00. The lowest BCUT2D eigenvalue weighted by molar-refractivity contribution is -0.206. The van der Waals surface area contributed by atoms with Gasteiger partial charge in [-0.25, -0.2) is 19.2 Å². The monoisotopic (exact) mass is 346 g/mol. The van der Waals surface area contributed by atoms with Gasteiger partial charge >= 0.3 is 12.1 Å². The van der Waals surface area contributed by atoms with Gasteiger partial charge in [0.25, 0.3) is 0 Å². The maximum atomic E-state index is 13.9. The Morgan fingerprint density at radius 1 is 1.33 bits per heavy atom. The summed E-state index contributed by atoms with van der Waals surface area (Å²) >= 11 is 0. The lowest BCUT2D eigenvalue weighted by Gasteiger charge is -2.16. The van der Waals surface area contributed by atoms with Crippen molar-refractivity contribution in [1.29, 1.82) is 0 Å². The standard InChI is InChI=1S/C14H10F4N2O4/c1-24-12-10(13(22)23)20-9(5-19-12)7-4-6(2-3-8(7)15)11(21)14(16,17)18/h2-5,11,21H,1H3,(H,22,23). The summed E-state index contributed by atoms with van der Waals surface area (Å²) in [6, 6.07) is 2.22. The van der Waals surface area contributed by atoms with Crippen molar-refractivity contribution in [1.82, 2.24) is 9.97 Å². The van der Waals surface area contributed by atoms with Crippen LogP contribution in [0.1, 0.15) is 22.2 Å². The van der Waals surface area contributed by atoms with E-state index in [1.807, 2.05) is 0 Å². The fraction of sp³-hybridized carbons (Fsp3) is 0.214. The van der Waals surface area contributed by atoms with Crippen LogP contribution in [0.5, 0.6) is 5.88 Å². The van der Waals surface area contributed by atoms with Gasteiger partial charge in [0.2, 0.25) is 11.6 Å². The largest absolute Gasteiger partial charge is 0.479 e. The van der Waals surface area contributed by atoms with Gasteiger partial charge in [-0.2, -0.15) is 13.2 Å². The van der Waals surface area contributed by atoms with Crippen molar-refractivity contribution in [3.8, 4) is 17.1 Å². The molecule has 0 bridgehead atoms. The van der Waals surface area contributed by atoms with Crippen molar-refractivity contribution in [2.45, 2.75) is 12.3 Å². The molecule has 128 valence electrons.